The van der Waals surface area contributed by atoms with Gasteiger partial charge >= 0.3 is 11.9 Å². The zero-order valence-corrected chi connectivity index (χ0v) is 35.8. The molecule has 3 unspecified atom stereocenters. The van der Waals surface area contributed by atoms with E-state index in [-0.39, 0.29) is 46.8 Å². The van der Waals surface area contributed by atoms with E-state index in [0.717, 1.165) is 51.4 Å². The average molecular weight is 800 g/mol. The molecule has 0 spiro atoms. The maximum absolute atomic E-state index is 13.5. The predicted molar refractivity (Wildman–Crippen MR) is 217 cm³/mol. The van der Waals surface area contributed by atoms with Gasteiger partial charge in [-0.25, -0.2) is 9.59 Å². The number of carbonyl (C=O) groups excluding carboxylic acids is 2. The monoisotopic (exact) mass is 798 g/mol. The lowest BCUT2D eigenvalue weighted by molar-refractivity contribution is -0.210. The molecule has 0 saturated heterocycles. The SMILES string of the molecule is CC[C@@H]1[C@H](O)C2C3CC[C@H]([C@H](C)CCCOC(=O)C(C)(C)Oc4ccc(Cl)cc4)[C@@]3(C)CCC2[C@@]2(C)CC[C@@H](OC(=O)C(C)(C)Oc3ccc(Cl)cc3)C[C@@H]12. The van der Waals surface area contributed by atoms with Gasteiger partial charge in [-0.15, -0.1) is 0 Å². The Balaban J connectivity index is 1.05. The van der Waals surface area contributed by atoms with Gasteiger partial charge in [0, 0.05) is 10.0 Å². The lowest BCUT2D eigenvalue weighted by Gasteiger charge is -2.65. The molecule has 304 valence electrons. The lowest BCUT2D eigenvalue weighted by Crippen LogP contribution is -2.62. The molecule has 1 N–H and O–H groups in total. The predicted octanol–water partition coefficient (Wildman–Crippen LogP) is 11.1. The van der Waals surface area contributed by atoms with E-state index >= 15 is 0 Å². The van der Waals surface area contributed by atoms with E-state index in [4.69, 9.17) is 42.1 Å². The van der Waals surface area contributed by atoms with Crippen LogP contribution < -0.4 is 9.47 Å². The Bertz CT molecular complexity index is 1640. The summed E-state index contributed by atoms with van der Waals surface area (Å²) >= 11 is 12.0. The molecular weight excluding hydrogens is 735 g/mol. The Morgan fingerprint density at radius 1 is 0.800 bits per heavy atom. The number of ether oxygens (including phenoxy) is 4. The summed E-state index contributed by atoms with van der Waals surface area (Å²) in [6, 6.07) is 14.0. The van der Waals surface area contributed by atoms with Crippen LogP contribution in [-0.2, 0) is 19.1 Å². The summed E-state index contributed by atoms with van der Waals surface area (Å²) in [5, 5.41) is 13.6. The van der Waals surface area contributed by atoms with Crippen molar-refractivity contribution in [2.24, 2.45) is 52.3 Å². The fourth-order valence-electron chi connectivity index (χ4n) is 11.9. The number of halogens is 2. The minimum atomic E-state index is -1.14. The third kappa shape index (κ3) is 8.56. The second kappa shape index (κ2) is 16.4. The third-order valence-corrected chi connectivity index (χ3v) is 15.3. The maximum atomic E-state index is 13.5. The van der Waals surface area contributed by atoms with Crippen molar-refractivity contribution in [1.82, 2.24) is 0 Å². The van der Waals surface area contributed by atoms with Crippen LogP contribution in [0.5, 0.6) is 11.5 Å². The summed E-state index contributed by atoms with van der Waals surface area (Å²) in [7, 11) is 0. The molecule has 0 bridgehead atoms. The van der Waals surface area contributed by atoms with Crippen LogP contribution in [0.3, 0.4) is 0 Å². The third-order valence-electron chi connectivity index (χ3n) is 14.8. The summed E-state index contributed by atoms with van der Waals surface area (Å²) in [4.78, 5) is 26.5. The molecule has 2 aromatic rings. The van der Waals surface area contributed by atoms with Crippen LogP contribution in [0.4, 0.5) is 0 Å². The van der Waals surface area contributed by atoms with Crippen LogP contribution in [0.2, 0.25) is 10.0 Å². The first-order chi connectivity index (χ1) is 25.9. The van der Waals surface area contributed by atoms with Gasteiger partial charge < -0.3 is 24.1 Å². The zero-order chi connectivity index (χ0) is 39.9. The van der Waals surface area contributed by atoms with Gasteiger partial charge in [0.05, 0.1) is 12.7 Å². The molecule has 4 aliphatic carbocycles. The van der Waals surface area contributed by atoms with Crippen LogP contribution in [0, 0.1) is 52.3 Å². The Morgan fingerprint density at radius 3 is 1.93 bits per heavy atom. The van der Waals surface area contributed by atoms with Crippen LogP contribution in [0.15, 0.2) is 48.5 Å². The molecule has 4 aliphatic rings. The Kier molecular flexibility index (Phi) is 12.6. The zero-order valence-electron chi connectivity index (χ0n) is 34.2. The highest BCUT2D eigenvalue weighted by atomic mass is 35.5. The van der Waals surface area contributed by atoms with Gasteiger partial charge in [0.15, 0.2) is 11.2 Å². The Morgan fingerprint density at radius 2 is 1.35 bits per heavy atom. The number of rotatable bonds is 13. The van der Waals surface area contributed by atoms with Gasteiger partial charge in [-0.05, 0) is 186 Å². The van der Waals surface area contributed by atoms with E-state index in [1.165, 1.54) is 12.8 Å². The maximum Gasteiger partial charge on any atom is 0.350 e. The van der Waals surface area contributed by atoms with E-state index in [0.29, 0.717) is 57.7 Å². The molecule has 7 nitrogen and oxygen atoms in total. The highest BCUT2D eigenvalue weighted by molar-refractivity contribution is 6.30. The summed E-state index contributed by atoms with van der Waals surface area (Å²) < 4.78 is 23.9. The molecule has 2 aromatic carbocycles. The number of aliphatic hydroxyl groups is 1. The molecule has 0 amide bonds. The number of benzene rings is 2. The number of hydrogen-bond donors (Lipinski definition) is 1. The van der Waals surface area contributed by atoms with Crippen molar-refractivity contribution in [2.45, 2.75) is 143 Å². The molecule has 0 aromatic heterocycles. The number of carbonyl (C=O) groups is 2. The van der Waals surface area contributed by atoms with Crippen molar-refractivity contribution < 1.29 is 33.6 Å². The number of fused-ring (bicyclic) bond motifs is 5. The Labute approximate surface area is 339 Å². The normalized spacial score (nSPS) is 33.7. The van der Waals surface area contributed by atoms with E-state index in [1.807, 2.05) is 0 Å². The van der Waals surface area contributed by atoms with Gasteiger partial charge in [-0.1, -0.05) is 57.3 Å². The smallest absolute Gasteiger partial charge is 0.350 e. The van der Waals surface area contributed by atoms with Crippen LogP contribution in [0.25, 0.3) is 0 Å². The summed E-state index contributed by atoms with van der Waals surface area (Å²) in [6.07, 6.45) is 9.45. The molecule has 9 heteroatoms. The lowest BCUT2D eigenvalue weighted by atomic mass is 9.41. The van der Waals surface area contributed by atoms with E-state index in [2.05, 4.69) is 27.7 Å². The fourth-order valence-corrected chi connectivity index (χ4v) is 12.2. The second-order valence-corrected chi connectivity index (χ2v) is 19.8. The quantitative estimate of drug-likeness (QED) is 0.159. The number of esters is 2. The van der Waals surface area contributed by atoms with Gasteiger partial charge in [-0.3, -0.25) is 0 Å². The molecule has 0 radical (unpaired) electrons. The minimum absolute atomic E-state index is 0.1000. The average Bonchev–Trinajstić information content (AvgIpc) is 3.49. The topological polar surface area (TPSA) is 91.3 Å². The fraction of sp³-hybridized carbons (Fsp3) is 0.696. The van der Waals surface area contributed by atoms with Crippen LogP contribution in [0.1, 0.15) is 120 Å². The molecule has 0 aliphatic heterocycles. The highest BCUT2D eigenvalue weighted by Crippen LogP contribution is 2.69. The summed E-state index contributed by atoms with van der Waals surface area (Å²) in [5.74, 6) is 3.20. The van der Waals surface area contributed by atoms with Crippen molar-refractivity contribution in [3.63, 3.8) is 0 Å². The van der Waals surface area contributed by atoms with Crippen molar-refractivity contribution in [2.75, 3.05) is 6.61 Å². The van der Waals surface area contributed by atoms with Crippen molar-refractivity contribution in [1.29, 1.82) is 0 Å². The largest absolute Gasteiger partial charge is 0.476 e. The van der Waals surface area contributed by atoms with E-state index in [9.17, 15) is 14.7 Å². The molecule has 4 saturated carbocycles. The van der Waals surface area contributed by atoms with Crippen molar-refractivity contribution in [3.8, 4) is 11.5 Å². The Hall–Kier alpha value is -2.48. The van der Waals surface area contributed by atoms with Crippen molar-refractivity contribution in [3.05, 3.63) is 58.6 Å². The first-order valence-electron chi connectivity index (χ1n) is 20.8. The molecule has 6 rings (SSSR count). The molecule has 0 heterocycles. The van der Waals surface area contributed by atoms with Crippen LogP contribution in [-0.4, -0.2) is 47.1 Å². The van der Waals surface area contributed by atoms with E-state index in [1.54, 1.807) is 76.2 Å². The first-order valence-corrected chi connectivity index (χ1v) is 21.6. The van der Waals surface area contributed by atoms with Gasteiger partial charge in [-0.2, -0.15) is 0 Å². The summed E-state index contributed by atoms with van der Waals surface area (Å²) in [5.41, 5.74) is -1.97. The highest BCUT2D eigenvalue weighted by Gasteiger charge is 2.65. The molecule has 55 heavy (non-hydrogen) atoms. The molecular formula is C46H64Cl2O7. The van der Waals surface area contributed by atoms with Gasteiger partial charge in [0.2, 0.25) is 0 Å². The molecule has 4 fully saturated rings. The van der Waals surface area contributed by atoms with Crippen LogP contribution >= 0.6 is 23.2 Å². The van der Waals surface area contributed by atoms with Gasteiger partial charge in [0.1, 0.15) is 17.6 Å². The van der Waals surface area contributed by atoms with Gasteiger partial charge in [0.25, 0.3) is 0 Å². The molecule has 11 atom stereocenters. The minimum Gasteiger partial charge on any atom is -0.476 e. The number of aliphatic hydroxyl groups excluding tert-OH is 1. The van der Waals surface area contributed by atoms with Crippen molar-refractivity contribution >= 4 is 35.1 Å². The summed E-state index contributed by atoms with van der Waals surface area (Å²) in [6.45, 7) is 17.0. The first kappa shape index (κ1) is 42.1. The second-order valence-electron chi connectivity index (χ2n) is 18.9. The standard InChI is InChI=1S/C46H64Cl2O7/c1-9-34-38-27-33(53-42(51)44(5,6)55-32-18-14-30(48)15-19-32)22-24-46(38,8)37-23-25-45(7)35(20-21-36(45)39(37)40(34)49)28(2)11-10-26-52-41(50)43(3,4)54-31-16-12-29(47)13-17-31/h12-19,28,33-40,49H,9-11,20-27H2,1-8H3/t28-,33-,34+,35-,36?,37?,38+,39?,40+,45-,46-/m1/s1. The number of hydrogen-bond acceptors (Lipinski definition) is 7. The van der Waals surface area contributed by atoms with E-state index < -0.39 is 11.2 Å².